The molecule has 0 aliphatic carbocycles. The molecule has 1 aromatic carbocycles. The molecule has 2 aromatic rings. The van der Waals surface area contributed by atoms with Crippen molar-refractivity contribution in [2.24, 2.45) is 0 Å². The van der Waals surface area contributed by atoms with Gasteiger partial charge in [-0.05, 0) is 13.8 Å². The number of hydrogen-bond acceptors (Lipinski definition) is 6. The number of nitrogens with one attached hydrogen (secondary N) is 1. The van der Waals surface area contributed by atoms with Gasteiger partial charge in [0.25, 0.3) is 0 Å². The number of rotatable bonds is 3. The van der Waals surface area contributed by atoms with E-state index in [1.807, 2.05) is 0 Å². The maximum atomic E-state index is 12.1. The summed E-state index contributed by atoms with van der Waals surface area (Å²) in [6.45, 7) is 3.73. The molecule has 0 fully saturated rings. The van der Waals surface area contributed by atoms with E-state index in [2.05, 4.69) is 10.5 Å². The fourth-order valence-corrected chi connectivity index (χ4v) is 2.18. The number of nitrogens with zero attached hydrogens (tertiary/aromatic N) is 1. The van der Waals surface area contributed by atoms with Crippen LogP contribution in [0.4, 0.5) is 11.4 Å². The normalized spacial score (nSPS) is 12.5. The van der Waals surface area contributed by atoms with Crippen LogP contribution in [0.5, 0.6) is 11.5 Å². The lowest BCUT2D eigenvalue weighted by Gasteiger charge is -2.09. The third-order valence-corrected chi connectivity index (χ3v) is 3.34. The van der Waals surface area contributed by atoms with Crippen molar-refractivity contribution in [3.05, 3.63) is 29.2 Å². The molecule has 0 radical (unpaired) electrons. The monoisotopic (exact) mass is 289 g/mol. The second-order valence-corrected chi connectivity index (χ2v) is 4.82. The molecule has 0 saturated carbocycles. The van der Waals surface area contributed by atoms with Crippen molar-refractivity contribution in [2.45, 2.75) is 20.3 Å². The van der Waals surface area contributed by atoms with E-state index in [1.54, 1.807) is 26.0 Å². The summed E-state index contributed by atoms with van der Waals surface area (Å²) in [5, 5.41) is 6.59. The van der Waals surface area contributed by atoms with Gasteiger partial charge in [-0.15, -0.1) is 0 Å². The number of fused-ring (bicyclic) bond motifs is 1. The minimum Gasteiger partial charge on any atom is -0.454 e. The van der Waals surface area contributed by atoms with Crippen LogP contribution in [-0.4, -0.2) is 17.9 Å². The van der Waals surface area contributed by atoms with Gasteiger partial charge in [-0.2, -0.15) is 0 Å². The summed E-state index contributed by atoms with van der Waals surface area (Å²) < 4.78 is 15.5. The molecule has 0 spiro atoms. The zero-order valence-corrected chi connectivity index (χ0v) is 11.7. The van der Waals surface area contributed by atoms with E-state index < -0.39 is 0 Å². The summed E-state index contributed by atoms with van der Waals surface area (Å²) in [6, 6.07) is 3.29. The lowest BCUT2D eigenvalue weighted by atomic mass is 10.1. The topological polar surface area (TPSA) is 99.6 Å². The van der Waals surface area contributed by atoms with Crippen LogP contribution in [0, 0.1) is 13.8 Å². The highest BCUT2D eigenvalue weighted by atomic mass is 16.7. The van der Waals surface area contributed by atoms with Gasteiger partial charge >= 0.3 is 0 Å². The van der Waals surface area contributed by atoms with Gasteiger partial charge in [-0.25, -0.2) is 0 Å². The van der Waals surface area contributed by atoms with Gasteiger partial charge in [-0.1, -0.05) is 5.16 Å². The van der Waals surface area contributed by atoms with E-state index in [0.717, 1.165) is 5.56 Å². The van der Waals surface area contributed by atoms with Crippen LogP contribution in [0.2, 0.25) is 0 Å². The van der Waals surface area contributed by atoms with Gasteiger partial charge in [0.05, 0.1) is 23.5 Å². The Kier molecular flexibility index (Phi) is 3.17. The molecule has 7 nitrogen and oxygen atoms in total. The third-order valence-electron chi connectivity index (χ3n) is 3.34. The number of aromatic nitrogens is 1. The standard InChI is InChI=1S/C14H15N3O4/c1-7-9(8(2)21-17-7)3-14(18)16-11-5-13-12(4-10(11)15)19-6-20-13/h4-5H,3,6,15H2,1-2H3,(H,16,18). The average Bonchev–Trinajstić information content (AvgIpc) is 3.00. The fraction of sp³-hybridized carbons (Fsp3) is 0.286. The maximum absolute atomic E-state index is 12.1. The van der Waals surface area contributed by atoms with Gasteiger partial charge in [0.1, 0.15) is 5.76 Å². The number of anilines is 2. The molecule has 0 unspecified atom stereocenters. The van der Waals surface area contributed by atoms with Crippen molar-refractivity contribution in [3.63, 3.8) is 0 Å². The summed E-state index contributed by atoms with van der Waals surface area (Å²) >= 11 is 0. The molecule has 21 heavy (non-hydrogen) atoms. The Morgan fingerprint density at radius 1 is 1.33 bits per heavy atom. The highest BCUT2D eigenvalue weighted by molar-refractivity contribution is 5.96. The minimum atomic E-state index is -0.199. The summed E-state index contributed by atoms with van der Waals surface area (Å²) in [7, 11) is 0. The molecule has 0 saturated heterocycles. The Morgan fingerprint density at radius 3 is 2.71 bits per heavy atom. The number of benzene rings is 1. The molecule has 1 amide bonds. The number of nitrogens with two attached hydrogens (primary N) is 1. The second kappa shape index (κ2) is 5.01. The van der Waals surface area contributed by atoms with Gasteiger partial charge in [0.2, 0.25) is 12.7 Å². The molecule has 3 N–H and O–H groups in total. The van der Waals surface area contributed by atoms with E-state index in [0.29, 0.717) is 34.3 Å². The number of aryl methyl sites for hydroxylation is 2. The summed E-state index contributed by atoms with van der Waals surface area (Å²) in [4.78, 5) is 12.1. The zero-order chi connectivity index (χ0) is 15.0. The first-order chi connectivity index (χ1) is 10.0. The van der Waals surface area contributed by atoms with Crippen LogP contribution < -0.4 is 20.5 Å². The Labute approximate surface area is 121 Å². The zero-order valence-electron chi connectivity index (χ0n) is 11.7. The Bertz CT molecular complexity index is 689. The average molecular weight is 289 g/mol. The van der Waals surface area contributed by atoms with E-state index in [4.69, 9.17) is 19.7 Å². The molecule has 0 bridgehead atoms. The first-order valence-electron chi connectivity index (χ1n) is 6.45. The van der Waals surface area contributed by atoms with Crippen molar-refractivity contribution in [3.8, 4) is 11.5 Å². The number of hydrogen-bond donors (Lipinski definition) is 2. The van der Waals surface area contributed by atoms with Crippen LogP contribution in [-0.2, 0) is 11.2 Å². The molecule has 0 atom stereocenters. The number of ether oxygens (including phenoxy) is 2. The van der Waals surface area contributed by atoms with Crippen molar-refractivity contribution in [2.75, 3.05) is 17.8 Å². The smallest absolute Gasteiger partial charge is 0.231 e. The van der Waals surface area contributed by atoms with Gasteiger partial charge in [-0.3, -0.25) is 4.79 Å². The van der Waals surface area contributed by atoms with E-state index >= 15 is 0 Å². The molecule has 1 aromatic heterocycles. The summed E-state index contributed by atoms with van der Waals surface area (Å²) in [5.41, 5.74) is 8.31. The van der Waals surface area contributed by atoms with Crippen LogP contribution in [0.25, 0.3) is 0 Å². The SMILES string of the molecule is Cc1noc(C)c1CC(=O)Nc1cc2c(cc1N)OCO2. The molecule has 1 aliphatic heterocycles. The van der Waals surface area contributed by atoms with Crippen molar-refractivity contribution in [1.29, 1.82) is 0 Å². The van der Waals surface area contributed by atoms with E-state index in [-0.39, 0.29) is 19.1 Å². The van der Waals surface area contributed by atoms with Crippen LogP contribution in [0.1, 0.15) is 17.0 Å². The Hall–Kier alpha value is -2.70. The predicted molar refractivity (Wildman–Crippen MR) is 75.3 cm³/mol. The highest BCUT2D eigenvalue weighted by Crippen LogP contribution is 2.38. The van der Waals surface area contributed by atoms with Crippen LogP contribution in [0.3, 0.4) is 0 Å². The first kappa shape index (κ1) is 13.3. The quantitative estimate of drug-likeness (QED) is 0.835. The molecule has 110 valence electrons. The lowest BCUT2D eigenvalue weighted by molar-refractivity contribution is -0.115. The van der Waals surface area contributed by atoms with Gasteiger partial charge < -0.3 is 25.0 Å². The Balaban J connectivity index is 1.76. The van der Waals surface area contributed by atoms with E-state index in [1.165, 1.54) is 0 Å². The van der Waals surface area contributed by atoms with Crippen LogP contribution in [0.15, 0.2) is 16.7 Å². The lowest BCUT2D eigenvalue weighted by Crippen LogP contribution is -2.16. The van der Waals surface area contributed by atoms with E-state index in [9.17, 15) is 4.79 Å². The molecular weight excluding hydrogens is 274 g/mol. The minimum absolute atomic E-state index is 0.158. The fourth-order valence-electron chi connectivity index (χ4n) is 2.18. The number of amides is 1. The van der Waals surface area contributed by atoms with Crippen molar-refractivity contribution >= 4 is 17.3 Å². The van der Waals surface area contributed by atoms with Crippen LogP contribution >= 0.6 is 0 Å². The summed E-state index contributed by atoms with van der Waals surface area (Å²) in [6.07, 6.45) is 0.176. The number of carbonyl (C=O) groups excluding carboxylic acids is 1. The maximum Gasteiger partial charge on any atom is 0.231 e. The molecule has 7 heteroatoms. The van der Waals surface area contributed by atoms with Crippen molar-refractivity contribution < 1.29 is 18.8 Å². The molecule has 2 heterocycles. The molecular formula is C14H15N3O4. The van der Waals surface area contributed by atoms with Gasteiger partial charge in [0, 0.05) is 17.7 Å². The summed E-state index contributed by atoms with van der Waals surface area (Å²) in [5.74, 6) is 1.59. The van der Waals surface area contributed by atoms with Crippen molar-refractivity contribution in [1.82, 2.24) is 5.16 Å². The predicted octanol–water partition coefficient (Wildman–Crippen LogP) is 1.78. The first-order valence-corrected chi connectivity index (χ1v) is 6.45. The highest BCUT2D eigenvalue weighted by Gasteiger charge is 2.18. The largest absolute Gasteiger partial charge is 0.454 e. The molecule has 1 aliphatic rings. The molecule has 3 rings (SSSR count). The van der Waals surface area contributed by atoms with Gasteiger partial charge in [0.15, 0.2) is 11.5 Å². The second-order valence-electron chi connectivity index (χ2n) is 4.82. The Morgan fingerprint density at radius 2 is 2.05 bits per heavy atom. The number of carbonyl (C=O) groups is 1. The third kappa shape index (κ3) is 2.49. The number of nitrogen functional groups attached to an aromatic ring is 1.